The highest BCUT2D eigenvalue weighted by molar-refractivity contribution is 5.79. The zero-order chi connectivity index (χ0) is 19.6. The smallest absolute Gasteiger partial charge is 0.191 e. The summed E-state index contributed by atoms with van der Waals surface area (Å²) < 4.78 is 5.43. The van der Waals surface area contributed by atoms with Crippen LogP contribution in [-0.2, 0) is 11.3 Å². The van der Waals surface area contributed by atoms with Gasteiger partial charge in [-0.15, -0.1) is 0 Å². The Morgan fingerprint density at radius 2 is 1.89 bits per heavy atom. The maximum Gasteiger partial charge on any atom is 0.191 e. The van der Waals surface area contributed by atoms with Crippen molar-refractivity contribution in [1.82, 2.24) is 15.5 Å². The first kappa shape index (κ1) is 20.9. The monoisotopic (exact) mass is 387 g/mol. The molecule has 1 aromatic carbocycles. The van der Waals surface area contributed by atoms with Crippen molar-refractivity contribution in [3.8, 4) is 0 Å². The lowest BCUT2D eigenvalue weighted by Crippen LogP contribution is -2.45. The second-order valence-electron chi connectivity index (χ2n) is 7.71. The molecular weight excluding hydrogens is 350 g/mol. The predicted molar refractivity (Wildman–Crippen MR) is 117 cm³/mol. The van der Waals surface area contributed by atoms with Crippen molar-refractivity contribution in [1.29, 1.82) is 0 Å². The number of benzene rings is 1. The van der Waals surface area contributed by atoms with E-state index in [1.807, 2.05) is 7.05 Å². The Labute approximate surface area is 170 Å². The number of hydrogen-bond donors (Lipinski definition) is 2. The van der Waals surface area contributed by atoms with E-state index in [2.05, 4.69) is 56.6 Å². The van der Waals surface area contributed by atoms with E-state index < -0.39 is 0 Å². The van der Waals surface area contributed by atoms with E-state index in [1.165, 1.54) is 43.5 Å². The summed E-state index contributed by atoms with van der Waals surface area (Å²) in [7, 11) is 1.84. The fourth-order valence-electron chi connectivity index (χ4n) is 4.19. The van der Waals surface area contributed by atoms with E-state index in [0.717, 1.165) is 57.9 Å². The molecule has 2 aliphatic heterocycles. The molecule has 6 nitrogen and oxygen atoms in total. The minimum absolute atomic E-state index is 0.760. The SMILES string of the molecule is CCC1CCCCN1CCNC(=NC)NCc1ccc(N2CCOCC2)cc1. The van der Waals surface area contributed by atoms with Gasteiger partial charge in [-0.2, -0.15) is 0 Å². The van der Waals surface area contributed by atoms with Crippen LogP contribution in [0, 0.1) is 0 Å². The van der Waals surface area contributed by atoms with E-state index in [1.54, 1.807) is 0 Å². The molecule has 1 unspecified atom stereocenters. The highest BCUT2D eigenvalue weighted by atomic mass is 16.5. The Morgan fingerprint density at radius 1 is 1.11 bits per heavy atom. The van der Waals surface area contributed by atoms with Gasteiger partial charge in [0.05, 0.1) is 13.2 Å². The first-order chi connectivity index (χ1) is 13.8. The summed E-state index contributed by atoms with van der Waals surface area (Å²) in [4.78, 5) is 9.38. The third-order valence-electron chi connectivity index (χ3n) is 5.91. The van der Waals surface area contributed by atoms with Crippen molar-refractivity contribution in [3.63, 3.8) is 0 Å². The second kappa shape index (κ2) is 11.3. The number of guanidine groups is 1. The van der Waals surface area contributed by atoms with Gasteiger partial charge in [0.15, 0.2) is 5.96 Å². The van der Waals surface area contributed by atoms with Crippen molar-refractivity contribution in [2.75, 3.05) is 57.9 Å². The molecule has 0 radical (unpaired) electrons. The fourth-order valence-corrected chi connectivity index (χ4v) is 4.19. The highest BCUT2D eigenvalue weighted by Gasteiger charge is 2.20. The first-order valence-electron chi connectivity index (χ1n) is 10.9. The summed E-state index contributed by atoms with van der Waals surface area (Å²) in [6, 6.07) is 9.57. The van der Waals surface area contributed by atoms with E-state index in [9.17, 15) is 0 Å². The number of anilines is 1. The summed E-state index contributed by atoms with van der Waals surface area (Å²) >= 11 is 0. The van der Waals surface area contributed by atoms with E-state index in [0.29, 0.717) is 0 Å². The van der Waals surface area contributed by atoms with Crippen molar-refractivity contribution < 1.29 is 4.74 Å². The molecule has 0 amide bonds. The molecule has 0 aliphatic carbocycles. The number of nitrogens with one attached hydrogen (secondary N) is 2. The summed E-state index contributed by atoms with van der Waals surface area (Å²) in [5.74, 6) is 0.877. The largest absolute Gasteiger partial charge is 0.378 e. The van der Waals surface area contributed by atoms with Crippen LogP contribution in [0.15, 0.2) is 29.3 Å². The number of aliphatic imine (C=N–C) groups is 1. The molecule has 0 bridgehead atoms. The van der Waals surface area contributed by atoms with Crippen LogP contribution in [0.3, 0.4) is 0 Å². The van der Waals surface area contributed by atoms with Gasteiger partial charge in [-0.1, -0.05) is 25.5 Å². The Morgan fingerprint density at radius 3 is 2.61 bits per heavy atom. The van der Waals surface area contributed by atoms with Crippen LogP contribution in [0.2, 0.25) is 0 Å². The maximum absolute atomic E-state index is 5.43. The quantitative estimate of drug-likeness (QED) is 0.556. The third kappa shape index (κ3) is 6.11. The topological polar surface area (TPSA) is 52.1 Å². The molecule has 1 atom stereocenters. The lowest BCUT2D eigenvalue weighted by Gasteiger charge is -2.35. The molecule has 2 saturated heterocycles. The molecular formula is C22H37N5O. The number of nitrogens with zero attached hydrogens (tertiary/aromatic N) is 3. The molecule has 6 heteroatoms. The molecule has 2 aliphatic rings. The molecule has 0 aromatic heterocycles. The summed E-state index contributed by atoms with van der Waals surface area (Å²) in [6.07, 6.45) is 5.33. The minimum atomic E-state index is 0.760. The molecule has 2 heterocycles. The Balaban J connectivity index is 1.40. The van der Waals surface area contributed by atoms with Crippen molar-refractivity contribution in [2.24, 2.45) is 4.99 Å². The first-order valence-corrected chi connectivity index (χ1v) is 10.9. The lowest BCUT2D eigenvalue weighted by atomic mass is 10.0. The molecule has 0 spiro atoms. The zero-order valence-electron chi connectivity index (χ0n) is 17.6. The van der Waals surface area contributed by atoms with Crippen LogP contribution in [0.25, 0.3) is 0 Å². The Hall–Kier alpha value is -1.79. The molecule has 3 rings (SSSR count). The van der Waals surface area contributed by atoms with Crippen LogP contribution in [-0.4, -0.2) is 69.9 Å². The van der Waals surface area contributed by atoms with Gasteiger partial charge in [0.2, 0.25) is 0 Å². The summed E-state index contributed by atoms with van der Waals surface area (Å²) in [6.45, 7) is 9.95. The summed E-state index contributed by atoms with van der Waals surface area (Å²) in [5, 5.41) is 6.90. The van der Waals surface area contributed by atoms with Gasteiger partial charge in [0, 0.05) is 51.5 Å². The number of piperidine rings is 1. The number of likely N-dealkylation sites (tertiary alicyclic amines) is 1. The van der Waals surface area contributed by atoms with Crippen LogP contribution in [0.4, 0.5) is 5.69 Å². The van der Waals surface area contributed by atoms with Gasteiger partial charge in [-0.05, 0) is 43.5 Å². The normalized spacial score (nSPS) is 21.6. The van der Waals surface area contributed by atoms with Crippen LogP contribution in [0.5, 0.6) is 0 Å². The van der Waals surface area contributed by atoms with E-state index >= 15 is 0 Å². The van der Waals surface area contributed by atoms with Crippen LogP contribution in [0.1, 0.15) is 38.2 Å². The molecule has 156 valence electrons. The Kier molecular flexibility index (Phi) is 8.42. The highest BCUT2D eigenvalue weighted by Crippen LogP contribution is 2.18. The number of hydrogen-bond acceptors (Lipinski definition) is 4. The van der Waals surface area contributed by atoms with E-state index in [4.69, 9.17) is 4.74 Å². The summed E-state index contributed by atoms with van der Waals surface area (Å²) in [5.41, 5.74) is 2.55. The molecule has 1 aromatic rings. The number of ether oxygens (including phenoxy) is 1. The van der Waals surface area contributed by atoms with Gasteiger partial charge in [0.1, 0.15) is 0 Å². The fraction of sp³-hybridized carbons (Fsp3) is 0.682. The van der Waals surface area contributed by atoms with E-state index in [-0.39, 0.29) is 0 Å². The van der Waals surface area contributed by atoms with Crippen LogP contribution >= 0.6 is 0 Å². The predicted octanol–water partition coefficient (Wildman–Crippen LogP) is 2.45. The van der Waals surface area contributed by atoms with Gasteiger partial charge >= 0.3 is 0 Å². The Bertz CT molecular complexity index is 597. The van der Waals surface area contributed by atoms with Gasteiger partial charge in [-0.25, -0.2) is 0 Å². The average molecular weight is 388 g/mol. The molecule has 2 fully saturated rings. The average Bonchev–Trinajstić information content (AvgIpc) is 2.77. The van der Waals surface area contributed by atoms with Crippen LogP contribution < -0.4 is 15.5 Å². The van der Waals surface area contributed by atoms with Gasteiger partial charge in [-0.3, -0.25) is 9.89 Å². The standard InChI is InChI=1S/C22H37N5O/c1-3-20-6-4-5-12-26(20)13-11-24-22(23-2)25-18-19-7-9-21(10-8-19)27-14-16-28-17-15-27/h7-10,20H,3-6,11-18H2,1-2H3,(H2,23,24,25). The van der Waals surface area contributed by atoms with Crippen molar-refractivity contribution in [3.05, 3.63) is 29.8 Å². The van der Waals surface area contributed by atoms with Gasteiger partial charge in [0.25, 0.3) is 0 Å². The van der Waals surface area contributed by atoms with Crippen molar-refractivity contribution in [2.45, 2.75) is 45.2 Å². The third-order valence-corrected chi connectivity index (χ3v) is 5.91. The van der Waals surface area contributed by atoms with Gasteiger partial charge < -0.3 is 20.3 Å². The molecule has 0 saturated carbocycles. The zero-order valence-corrected chi connectivity index (χ0v) is 17.6. The molecule has 2 N–H and O–H groups in total. The maximum atomic E-state index is 5.43. The minimum Gasteiger partial charge on any atom is -0.378 e. The van der Waals surface area contributed by atoms with Crippen molar-refractivity contribution >= 4 is 11.6 Å². The number of morpholine rings is 1. The lowest BCUT2D eigenvalue weighted by molar-refractivity contribution is 0.122. The number of rotatable bonds is 7. The molecule has 28 heavy (non-hydrogen) atoms. The second-order valence-corrected chi connectivity index (χ2v) is 7.71.